The van der Waals surface area contributed by atoms with E-state index in [1.54, 1.807) is 0 Å². The van der Waals surface area contributed by atoms with Gasteiger partial charge in [0.2, 0.25) is 0 Å². The number of halogens is 3. The van der Waals surface area contributed by atoms with Crippen molar-refractivity contribution in [3.8, 4) is 0 Å². The summed E-state index contributed by atoms with van der Waals surface area (Å²) in [6.45, 7) is 0.679. The Kier molecular flexibility index (Phi) is 4.15. The Hall–Kier alpha value is -0.330. The molecule has 0 radical (unpaired) electrons. The fourth-order valence-electron chi connectivity index (χ4n) is 0.703. The van der Waals surface area contributed by atoms with Gasteiger partial charge in [-0.25, -0.2) is 0 Å². The minimum absolute atomic E-state index is 0.649. The topological polar surface area (TPSA) is 38.7 Å². The molecular weight excluding hydrogens is 189 g/mol. The van der Waals surface area contributed by atoms with Crippen LogP contribution in [0.15, 0.2) is 0 Å². The van der Waals surface area contributed by atoms with Gasteiger partial charge in [0.1, 0.15) is 0 Å². The molecule has 0 spiro atoms. The second-order valence-electron chi connectivity index (χ2n) is 2.88. The molecule has 0 aromatic heterocycles. The van der Waals surface area contributed by atoms with E-state index in [0.717, 1.165) is 0 Å². The Labute approximate surface area is 74.4 Å². The van der Waals surface area contributed by atoms with Gasteiger partial charge in [-0.1, -0.05) is 0 Å². The molecule has 0 heterocycles. The maximum Gasteiger partial charge on any atom is 0.417 e. The number of ether oxygens (including phenoxy) is 2. The maximum atomic E-state index is 12.1. The summed E-state index contributed by atoms with van der Waals surface area (Å²) in [4.78, 5) is 0. The lowest BCUT2D eigenvalue weighted by Crippen LogP contribution is -2.45. The van der Waals surface area contributed by atoms with Gasteiger partial charge in [-0.05, 0) is 6.92 Å². The van der Waals surface area contributed by atoms with Crippen LogP contribution in [0.1, 0.15) is 13.3 Å². The normalized spacial score (nSPS) is 17.5. The van der Waals surface area contributed by atoms with Crippen LogP contribution >= 0.6 is 0 Å². The van der Waals surface area contributed by atoms with E-state index in [4.69, 9.17) is 5.11 Å². The highest BCUT2D eigenvalue weighted by Crippen LogP contribution is 2.33. The molecule has 1 N–H and O–H groups in total. The fourth-order valence-corrected chi connectivity index (χ4v) is 0.703. The standard InChI is InChI=1S/C7H13F3O3/c1-6(11,7(8,9)10)4-5(12-2)13-3/h5,11H,4H2,1-3H3/t6-/m0/s1. The van der Waals surface area contributed by atoms with Crippen molar-refractivity contribution < 1.29 is 27.8 Å². The summed E-state index contributed by atoms with van der Waals surface area (Å²) in [7, 11) is 2.42. The number of alkyl halides is 3. The van der Waals surface area contributed by atoms with Crippen molar-refractivity contribution in [2.45, 2.75) is 31.4 Å². The van der Waals surface area contributed by atoms with Crippen LogP contribution in [-0.2, 0) is 9.47 Å². The van der Waals surface area contributed by atoms with Gasteiger partial charge in [-0.15, -0.1) is 0 Å². The molecule has 0 aliphatic carbocycles. The summed E-state index contributed by atoms with van der Waals surface area (Å²) in [6, 6.07) is 0. The van der Waals surface area contributed by atoms with Gasteiger partial charge in [-0.2, -0.15) is 13.2 Å². The van der Waals surface area contributed by atoms with E-state index >= 15 is 0 Å². The van der Waals surface area contributed by atoms with Gasteiger partial charge >= 0.3 is 6.18 Å². The Morgan fingerprint density at radius 1 is 1.23 bits per heavy atom. The Morgan fingerprint density at radius 3 is 1.85 bits per heavy atom. The van der Waals surface area contributed by atoms with Gasteiger partial charge in [-0.3, -0.25) is 0 Å². The highest BCUT2D eigenvalue weighted by molar-refractivity contribution is 4.82. The van der Waals surface area contributed by atoms with Gasteiger partial charge in [0.15, 0.2) is 11.9 Å². The average Bonchev–Trinajstić information content (AvgIpc) is 1.98. The van der Waals surface area contributed by atoms with Crippen LogP contribution in [0.2, 0.25) is 0 Å². The summed E-state index contributed by atoms with van der Waals surface area (Å²) >= 11 is 0. The number of aliphatic hydroxyl groups is 1. The van der Waals surface area contributed by atoms with Gasteiger partial charge in [0.05, 0.1) is 0 Å². The maximum absolute atomic E-state index is 12.1. The molecule has 3 nitrogen and oxygen atoms in total. The van der Waals surface area contributed by atoms with Crippen molar-refractivity contribution in [2.75, 3.05) is 14.2 Å². The van der Waals surface area contributed by atoms with Gasteiger partial charge in [0.25, 0.3) is 0 Å². The molecule has 0 fully saturated rings. The van der Waals surface area contributed by atoms with Crippen LogP contribution in [0.25, 0.3) is 0 Å². The van der Waals surface area contributed by atoms with Crippen LogP contribution in [0.5, 0.6) is 0 Å². The largest absolute Gasteiger partial charge is 0.417 e. The molecule has 0 amide bonds. The van der Waals surface area contributed by atoms with E-state index in [1.165, 1.54) is 14.2 Å². The van der Waals surface area contributed by atoms with Gasteiger partial charge in [0, 0.05) is 20.6 Å². The summed E-state index contributed by atoms with van der Waals surface area (Å²) in [5.41, 5.74) is -2.79. The quantitative estimate of drug-likeness (QED) is 0.698. The van der Waals surface area contributed by atoms with Gasteiger partial charge < -0.3 is 14.6 Å². The predicted octanol–water partition coefficient (Wildman–Crippen LogP) is 1.31. The van der Waals surface area contributed by atoms with Crippen LogP contribution < -0.4 is 0 Å². The second-order valence-corrected chi connectivity index (χ2v) is 2.88. The minimum Gasteiger partial charge on any atom is -0.381 e. The first-order chi connectivity index (χ1) is 5.74. The Balaban J connectivity index is 4.31. The third-order valence-corrected chi connectivity index (χ3v) is 1.70. The Morgan fingerprint density at radius 2 is 1.62 bits per heavy atom. The molecule has 0 saturated carbocycles. The summed E-state index contributed by atoms with van der Waals surface area (Å²) < 4.78 is 45.4. The average molecular weight is 202 g/mol. The molecule has 80 valence electrons. The highest BCUT2D eigenvalue weighted by Gasteiger charge is 2.51. The summed E-state index contributed by atoms with van der Waals surface area (Å²) in [5.74, 6) is 0. The fraction of sp³-hybridized carbons (Fsp3) is 1.00. The van der Waals surface area contributed by atoms with Crippen molar-refractivity contribution in [1.82, 2.24) is 0 Å². The van der Waals surface area contributed by atoms with Crippen molar-refractivity contribution in [3.63, 3.8) is 0 Å². The summed E-state index contributed by atoms with van der Waals surface area (Å²) in [6.07, 6.45) is -6.39. The van der Waals surface area contributed by atoms with Crippen LogP contribution in [0, 0.1) is 0 Å². The molecular formula is C7H13F3O3. The molecule has 0 aromatic rings. The monoisotopic (exact) mass is 202 g/mol. The molecule has 0 aliphatic rings. The van der Waals surface area contributed by atoms with Crippen molar-refractivity contribution >= 4 is 0 Å². The van der Waals surface area contributed by atoms with Crippen molar-refractivity contribution in [1.29, 1.82) is 0 Å². The number of hydrogen-bond acceptors (Lipinski definition) is 3. The summed E-state index contributed by atoms with van der Waals surface area (Å²) in [5, 5.41) is 9.00. The van der Waals surface area contributed by atoms with Crippen LogP contribution in [0.4, 0.5) is 13.2 Å². The first-order valence-electron chi connectivity index (χ1n) is 3.59. The molecule has 0 rings (SSSR count). The van der Waals surface area contributed by atoms with E-state index in [9.17, 15) is 13.2 Å². The first-order valence-corrected chi connectivity index (χ1v) is 3.59. The number of methoxy groups -OCH3 is 2. The Bertz CT molecular complexity index is 152. The van der Waals surface area contributed by atoms with Crippen molar-refractivity contribution in [2.24, 2.45) is 0 Å². The molecule has 13 heavy (non-hydrogen) atoms. The lowest BCUT2D eigenvalue weighted by molar-refractivity contribution is -0.274. The lowest BCUT2D eigenvalue weighted by atomic mass is 10.0. The molecule has 0 aliphatic heterocycles. The lowest BCUT2D eigenvalue weighted by Gasteiger charge is -2.28. The SMILES string of the molecule is COC(C[C@](C)(O)C(F)(F)F)OC. The molecule has 6 heteroatoms. The number of rotatable bonds is 4. The van der Waals surface area contributed by atoms with E-state index in [-0.39, 0.29) is 0 Å². The third-order valence-electron chi connectivity index (χ3n) is 1.70. The minimum atomic E-state index is -4.68. The molecule has 0 saturated heterocycles. The zero-order chi connectivity index (χ0) is 10.7. The third kappa shape index (κ3) is 3.50. The molecule has 1 atom stereocenters. The van der Waals surface area contributed by atoms with Crippen LogP contribution in [-0.4, -0.2) is 37.4 Å². The zero-order valence-corrected chi connectivity index (χ0v) is 7.68. The highest BCUT2D eigenvalue weighted by atomic mass is 19.4. The molecule has 0 aromatic carbocycles. The first kappa shape index (κ1) is 12.7. The van der Waals surface area contributed by atoms with E-state index in [0.29, 0.717) is 6.92 Å². The zero-order valence-electron chi connectivity index (χ0n) is 7.68. The smallest absolute Gasteiger partial charge is 0.381 e. The second kappa shape index (κ2) is 4.26. The van der Waals surface area contributed by atoms with Crippen LogP contribution in [0.3, 0.4) is 0 Å². The van der Waals surface area contributed by atoms with E-state index in [1.807, 2.05) is 0 Å². The predicted molar refractivity (Wildman–Crippen MR) is 39.1 cm³/mol. The van der Waals surface area contributed by atoms with Crippen molar-refractivity contribution in [3.05, 3.63) is 0 Å². The van der Waals surface area contributed by atoms with E-state index in [2.05, 4.69) is 9.47 Å². The number of hydrogen-bond donors (Lipinski definition) is 1. The van der Waals surface area contributed by atoms with E-state index < -0.39 is 24.5 Å². The molecule has 0 bridgehead atoms. The molecule has 0 unspecified atom stereocenters.